The van der Waals surface area contributed by atoms with E-state index in [1.54, 1.807) is 0 Å². The van der Waals surface area contributed by atoms with Crippen LogP contribution in [-0.2, 0) is 4.52 Å². The van der Waals surface area contributed by atoms with Crippen LogP contribution in [0.4, 0.5) is 0 Å². The lowest BCUT2D eigenvalue weighted by molar-refractivity contribution is -0.318. The molecule has 0 spiro atoms. The van der Waals surface area contributed by atoms with Crippen LogP contribution in [0.5, 0.6) is 0 Å². The molecule has 0 aromatic heterocycles. The highest BCUT2D eigenvalue weighted by molar-refractivity contribution is 7.36. The van der Waals surface area contributed by atoms with Crippen LogP contribution >= 0.6 is 8.60 Å². The maximum Gasteiger partial charge on any atom is 0.0476 e. The lowest BCUT2D eigenvalue weighted by Crippen LogP contribution is -2.11. The third-order valence-corrected chi connectivity index (χ3v) is 2.92. The van der Waals surface area contributed by atoms with Crippen LogP contribution in [0.1, 0.15) is 72.1 Å². The molecule has 0 radical (unpaired) electrons. The fourth-order valence-electron chi connectivity index (χ4n) is 1.38. The van der Waals surface area contributed by atoms with Crippen molar-refractivity contribution in [3.63, 3.8) is 0 Å². The van der Waals surface area contributed by atoms with Crippen LogP contribution in [-0.4, -0.2) is 6.61 Å². The molecule has 4 heteroatoms. The number of hydrogen-bond acceptors (Lipinski definition) is 3. The first kappa shape index (κ1) is 20.4. The molecule has 0 saturated heterocycles. The van der Waals surface area contributed by atoms with Crippen molar-refractivity contribution in [1.29, 1.82) is 0 Å². The van der Waals surface area contributed by atoms with E-state index in [9.17, 15) is 9.79 Å². The minimum Gasteiger partial charge on any atom is -0.820 e. The Balaban J connectivity index is 0. The van der Waals surface area contributed by atoms with Crippen molar-refractivity contribution >= 4 is 8.60 Å². The van der Waals surface area contributed by atoms with E-state index in [2.05, 4.69) is 11.4 Å². The Labute approximate surface area is 114 Å². The van der Waals surface area contributed by atoms with Gasteiger partial charge in [0.1, 0.15) is 0 Å². The fourth-order valence-corrected chi connectivity index (χ4v) is 1.65. The molecule has 110 valence electrons. The molecule has 0 saturated carbocycles. The first-order valence-electron chi connectivity index (χ1n) is 7.03. The van der Waals surface area contributed by atoms with Gasteiger partial charge in [0.15, 0.2) is 0 Å². The Bertz CT molecular complexity index is 157. The number of hydrogen-bond donors (Lipinski definition) is 0. The SMILES string of the molecule is C/C=C/C.CCCCCCCCCCOP([O-])[O-]. The topological polar surface area (TPSA) is 55.3 Å². The van der Waals surface area contributed by atoms with Gasteiger partial charge in [-0.2, -0.15) is 8.60 Å². The molecule has 0 rings (SSSR count). The molecule has 18 heavy (non-hydrogen) atoms. The van der Waals surface area contributed by atoms with Gasteiger partial charge in [0.05, 0.1) is 0 Å². The second-order valence-electron chi connectivity index (χ2n) is 4.20. The van der Waals surface area contributed by atoms with E-state index in [1.807, 2.05) is 26.0 Å². The maximum atomic E-state index is 10.0. The predicted molar refractivity (Wildman–Crippen MR) is 76.0 cm³/mol. The van der Waals surface area contributed by atoms with Gasteiger partial charge in [0.2, 0.25) is 0 Å². The largest absolute Gasteiger partial charge is 0.820 e. The quantitative estimate of drug-likeness (QED) is 0.347. The molecule has 0 fully saturated rings. The van der Waals surface area contributed by atoms with E-state index < -0.39 is 8.60 Å². The summed E-state index contributed by atoms with van der Waals surface area (Å²) in [5.74, 6) is 0. The molecule has 0 aromatic carbocycles. The summed E-state index contributed by atoms with van der Waals surface area (Å²) in [6, 6.07) is 0. The minimum atomic E-state index is -2.63. The van der Waals surface area contributed by atoms with Gasteiger partial charge in [-0.1, -0.05) is 64.0 Å². The smallest absolute Gasteiger partial charge is 0.0476 e. The summed E-state index contributed by atoms with van der Waals surface area (Å²) in [5, 5.41) is 0. The first-order chi connectivity index (χ1) is 8.68. The highest BCUT2D eigenvalue weighted by Crippen LogP contribution is 2.14. The van der Waals surface area contributed by atoms with E-state index in [4.69, 9.17) is 0 Å². The average molecular weight is 276 g/mol. The van der Waals surface area contributed by atoms with Crippen molar-refractivity contribution < 1.29 is 14.3 Å². The molecule has 0 amide bonds. The molecule has 0 heterocycles. The van der Waals surface area contributed by atoms with Gasteiger partial charge in [-0.25, -0.2) is 0 Å². The summed E-state index contributed by atoms with van der Waals surface area (Å²) in [5.41, 5.74) is 0. The molecule has 0 atom stereocenters. The zero-order valence-corrected chi connectivity index (χ0v) is 13.1. The van der Waals surface area contributed by atoms with Crippen LogP contribution in [0.25, 0.3) is 0 Å². The van der Waals surface area contributed by atoms with Crippen LogP contribution in [0.2, 0.25) is 0 Å². The maximum absolute atomic E-state index is 10.0. The summed E-state index contributed by atoms with van der Waals surface area (Å²) in [6.45, 7) is 6.56. The molecule has 0 aliphatic rings. The van der Waals surface area contributed by atoms with Gasteiger partial charge < -0.3 is 14.3 Å². The first-order valence-corrected chi connectivity index (χ1v) is 8.13. The van der Waals surface area contributed by atoms with Crippen molar-refractivity contribution in [2.24, 2.45) is 0 Å². The molecule has 0 N–H and O–H groups in total. The highest BCUT2D eigenvalue weighted by atomic mass is 31.2. The third-order valence-electron chi connectivity index (χ3n) is 2.53. The van der Waals surface area contributed by atoms with Crippen molar-refractivity contribution in [2.45, 2.75) is 72.1 Å². The van der Waals surface area contributed by atoms with Crippen molar-refractivity contribution in [2.75, 3.05) is 6.61 Å². The van der Waals surface area contributed by atoms with Crippen molar-refractivity contribution in [1.82, 2.24) is 0 Å². The van der Waals surface area contributed by atoms with Crippen molar-refractivity contribution in [3.8, 4) is 0 Å². The van der Waals surface area contributed by atoms with Gasteiger partial charge in [-0.05, 0) is 20.3 Å². The lowest BCUT2D eigenvalue weighted by atomic mass is 10.1. The Morgan fingerprint density at radius 2 is 1.28 bits per heavy atom. The van der Waals surface area contributed by atoms with Crippen LogP contribution in [0, 0.1) is 0 Å². The monoisotopic (exact) mass is 276 g/mol. The van der Waals surface area contributed by atoms with Crippen molar-refractivity contribution in [3.05, 3.63) is 12.2 Å². The van der Waals surface area contributed by atoms with E-state index in [1.165, 1.54) is 38.5 Å². The van der Waals surface area contributed by atoms with Crippen LogP contribution in [0.3, 0.4) is 0 Å². The predicted octanol–water partition coefficient (Wildman–Crippen LogP) is 3.67. The zero-order valence-electron chi connectivity index (χ0n) is 12.2. The summed E-state index contributed by atoms with van der Waals surface area (Å²) >= 11 is 0. The fraction of sp³-hybridized carbons (Fsp3) is 0.857. The van der Waals surface area contributed by atoms with Gasteiger partial charge in [-0.3, -0.25) is 0 Å². The third kappa shape index (κ3) is 25.0. The minimum absolute atomic E-state index is 0.355. The molecule has 0 aromatic rings. The molecule has 0 unspecified atom stereocenters. The Morgan fingerprint density at radius 1 is 0.833 bits per heavy atom. The Kier molecular flexibility index (Phi) is 21.9. The second kappa shape index (κ2) is 19.4. The molecular formula is C14H29O3P-2. The Morgan fingerprint density at radius 3 is 1.67 bits per heavy atom. The summed E-state index contributed by atoms with van der Waals surface area (Å²) < 4.78 is 4.44. The number of rotatable bonds is 10. The number of unbranched alkanes of at least 4 members (excludes halogenated alkanes) is 7. The zero-order chi connectivity index (χ0) is 14.1. The average Bonchev–Trinajstić information content (AvgIpc) is 2.37. The lowest BCUT2D eigenvalue weighted by Gasteiger charge is -2.28. The Hall–Kier alpha value is 0.0500. The van der Waals surface area contributed by atoms with E-state index in [0.29, 0.717) is 6.61 Å². The van der Waals surface area contributed by atoms with Crippen LogP contribution in [0.15, 0.2) is 12.2 Å². The summed E-state index contributed by atoms with van der Waals surface area (Å²) in [6.07, 6.45) is 13.7. The van der Waals surface area contributed by atoms with Gasteiger partial charge >= 0.3 is 0 Å². The molecule has 0 bridgehead atoms. The standard InChI is InChI=1S/C10H21O3P.C4H8/c1-2-3-4-5-6-7-8-9-10-13-14(11)12;1-3-4-2/h2-10H2,1H3;3-4H,1-2H3/q-2;/b;4-3+. The molecule has 3 nitrogen and oxygen atoms in total. The summed E-state index contributed by atoms with van der Waals surface area (Å²) in [4.78, 5) is 20.0. The van der Waals surface area contributed by atoms with Gasteiger partial charge in [-0.15, -0.1) is 0 Å². The van der Waals surface area contributed by atoms with Gasteiger partial charge in [0, 0.05) is 6.61 Å². The van der Waals surface area contributed by atoms with E-state index in [0.717, 1.165) is 12.8 Å². The molecule has 0 aliphatic carbocycles. The van der Waals surface area contributed by atoms with Gasteiger partial charge in [0.25, 0.3) is 0 Å². The summed E-state index contributed by atoms with van der Waals surface area (Å²) in [7, 11) is -2.63. The van der Waals surface area contributed by atoms with E-state index >= 15 is 0 Å². The number of allylic oxidation sites excluding steroid dienone is 2. The highest BCUT2D eigenvalue weighted by Gasteiger charge is 1.90. The van der Waals surface area contributed by atoms with E-state index in [-0.39, 0.29) is 0 Å². The van der Waals surface area contributed by atoms with Crippen LogP contribution < -0.4 is 9.79 Å². The normalized spacial score (nSPS) is 10.8. The molecule has 0 aliphatic heterocycles. The molecular weight excluding hydrogens is 247 g/mol. The second-order valence-corrected chi connectivity index (χ2v) is 4.90.